The van der Waals surface area contributed by atoms with Crippen molar-refractivity contribution in [2.24, 2.45) is 5.92 Å². The first-order valence-electron chi connectivity index (χ1n) is 9.07. The Hall–Kier alpha value is -2.60. The van der Waals surface area contributed by atoms with Crippen molar-refractivity contribution >= 4 is 21.6 Å². The molecule has 6 heteroatoms. The highest BCUT2D eigenvalue weighted by atomic mass is 32.1. The summed E-state index contributed by atoms with van der Waals surface area (Å²) in [6.45, 7) is 6.31. The summed E-state index contributed by atoms with van der Waals surface area (Å²) in [5.74, 6) is 2.44. The van der Waals surface area contributed by atoms with Crippen LogP contribution in [0.2, 0.25) is 0 Å². The van der Waals surface area contributed by atoms with Crippen LogP contribution in [0.3, 0.4) is 0 Å². The first kappa shape index (κ1) is 17.8. The van der Waals surface area contributed by atoms with E-state index < -0.39 is 0 Å². The summed E-state index contributed by atoms with van der Waals surface area (Å²) in [4.78, 5) is 22.6. The van der Waals surface area contributed by atoms with Crippen molar-refractivity contribution in [1.29, 1.82) is 0 Å². The molecule has 0 saturated heterocycles. The molecular formula is C21H22N2O3S. The fourth-order valence-electron chi connectivity index (χ4n) is 3.57. The van der Waals surface area contributed by atoms with Crippen molar-refractivity contribution in [3.63, 3.8) is 0 Å². The number of benzene rings is 1. The third-order valence-electron chi connectivity index (χ3n) is 4.96. The quantitative estimate of drug-likeness (QED) is 0.666. The van der Waals surface area contributed by atoms with E-state index in [4.69, 9.17) is 14.5 Å². The molecule has 0 bridgehead atoms. The first-order valence-corrected chi connectivity index (χ1v) is 9.89. The lowest BCUT2D eigenvalue weighted by Gasteiger charge is -2.17. The van der Waals surface area contributed by atoms with Crippen LogP contribution in [0.4, 0.5) is 0 Å². The number of nitrogens with one attached hydrogen (secondary N) is 1. The number of aryl methyl sites for hydroxylation is 1. The number of nitrogens with zero attached hydrogens (tertiary/aromatic N) is 1. The van der Waals surface area contributed by atoms with Crippen LogP contribution in [0.1, 0.15) is 23.8 Å². The SMILES string of the molecule is C=CCOc1ccc(-c2nc3sc4c(c3c(=O)[nH]2)CC[C@@H](C)C4)cc1OC. The zero-order valence-electron chi connectivity index (χ0n) is 15.5. The third kappa shape index (κ3) is 3.25. The molecule has 3 aromatic rings. The number of fused-ring (bicyclic) bond motifs is 3. The third-order valence-corrected chi connectivity index (χ3v) is 6.11. The summed E-state index contributed by atoms with van der Waals surface area (Å²) in [5.41, 5.74) is 1.92. The van der Waals surface area contributed by atoms with Crippen molar-refractivity contribution in [3.05, 3.63) is 51.6 Å². The van der Waals surface area contributed by atoms with Crippen LogP contribution in [0, 0.1) is 5.92 Å². The van der Waals surface area contributed by atoms with Crippen molar-refractivity contribution in [2.45, 2.75) is 26.2 Å². The second-order valence-electron chi connectivity index (χ2n) is 6.91. The molecule has 1 atom stereocenters. The maximum atomic E-state index is 12.8. The molecule has 0 unspecified atom stereocenters. The molecule has 1 N–H and O–H groups in total. The molecule has 0 saturated carbocycles. The highest BCUT2D eigenvalue weighted by Crippen LogP contribution is 2.37. The molecule has 27 heavy (non-hydrogen) atoms. The standard InChI is InChI=1S/C21H22N2O3S/c1-4-9-26-15-8-6-13(11-16(15)25-3)19-22-20(24)18-14-7-5-12(2)10-17(14)27-21(18)23-19/h4,6,8,11-12H,1,5,7,9-10H2,2-3H3,(H,22,23,24)/t12-/m1/s1. The lowest BCUT2D eigenvalue weighted by molar-refractivity contribution is 0.326. The minimum absolute atomic E-state index is 0.0620. The average molecular weight is 382 g/mol. The molecule has 0 radical (unpaired) electrons. The molecule has 140 valence electrons. The fourth-order valence-corrected chi connectivity index (χ4v) is 4.95. The summed E-state index contributed by atoms with van der Waals surface area (Å²) in [6.07, 6.45) is 4.81. The predicted molar refractivity (Wildman–Crippen MR) is 109 cm³/mol. The highest BCUT2D eigenvalue weighted by Gasteiger charge is 2.23. The van der Waals surface area contributed by atoms with Crippen molar-refractivity contribution < 1.29 is 9.47 Å². The Morgan fingerprint density at radius 1 is 1.41 bits per heavy atom. The van der Waals surface area contributed by atoms with Gasteiger partial charge in [-0.1, -0.05) is 19.6 Å². The summed E-state index contributed by atoms with van der Waals surface area (Å²) >= 11 is 1.65. The molecule has 1 aliphatic rings. The smallest absolute Gasteiger partial charge is 0.260 e. The predicted octanol–water partition coefficient (Wildman–Crippen LogP) is 4.35. The molecule has 5 nitrogen and oxygen atoms in total. The summed E-state index contributed by atoms with van der Waals surface area (Å²) < 4.78 is 11.0. The number of aromatic amines is 1. The Morgan fingerprint density at radius 2 is 2.26 bits per heavy atom. The molecule has 4 rings (SSSR count). The van der Waals surface area contributed by atoms with Crippen LogP contribution in [0.15, 0.2) is 35.6 Å². The van der Waals surface area contributed by atoms with Gasteiger partial charge in [0.05, 0.1) is 12.5 Å². The normalized spacial score (nSPS) is 16.1. The van der Waals surface area contributed by atoms with Gasteiger partial charge in [-0.2, -0.15) is 0 Å². The van der Waals surface area contributed by atoms with Gasteiger partial charge in [-0.3, -0.25) is 4.79 Å². The van der Waals surface area contributed by atoms with Crippen molar-refractivity contribution in [2.75, 3.05) is 13.7 Å². The van der Waals surface area contributed by atoms with Gasteiger partial charge in [-0.05, 0) is 48.9 Å². The Kier molecular flexibility index (Phi) is 4.74. The number of rotatable bonds is 5. The number of hydrogen-bond acceptors (Lipinski definition) is 5. The summed E-state index contributed by atoms with van der Waals surface area (Å²) in [6, 6.07) is 5.53. The van der Waals surface area contributed by atoms with Gasteiger partial charge in [0.2, 0.25) is 0 Å². The Labute approximate surface area is 161 Å². The van der Waals surface area contributed by atoms with E-state index in [1.807, 2.05) is 18.2 Å². The molecule has 0 amide bonds. The summed E-state index contributed by atoms with van der Waals surface area (Å²) in [7, 11) is 1.59. The van der Waals surface area contributed by atoms with Crippen LogP contribution in [0.5, 0.6) is 11.5 Å². The lowest BCUT2D eigenvalue weighted by atomic mass is 9.89. The zero-order valence-corrected chi connectivity index (χ0v) is 16.3. The second-order valence-corrected chi connectivity index (χ2v) is 8.00. The van der Waals surface area contributed by atoms with E-state index in [2.05, 4.69) is 18.5 Å². The number of thiophene rings is 1. The van der Waals surface area contributed by atoms with Gasteiger partial charge in [0.1, 0.15) is 17.3 Å². The number of hydrogen-bond donors (Lipinski definition) is 1. The Balaban J connectivity index is 1.78. The number of H-pyrrole nitrogens is 1. The molecule has 1 aromatic carbocycles. The van der Waals surface area contributed by atoms with Gasteiger partial charge in [0.25, 0.3) is 5.56 Å². The fraction of sp³-hybridized carbons (Fsp3) is 0.333. The molecule has 0 fully saturated rings. The van der Waals surface area contributed by atoms with Gasteiger partial charge in [-0.15, -0.1) is 11.3 Å². The van der Waals surface area contributed by atoms with Gasteiger partial charge in [-0.25, -0.2) is 4.98 Å². The van der Waals surface area contributed by atoms with Crippen molar-refractivity contribution in [1.82, 2.24) is 9.97 Å². The van der Waals surface area contributed by atoms with E-state index in [1.165, 1.54) is 10.4 Å². The topological polar surface area (TPSA) is 64.2 Å². The number of aromatic nitrogens is 2. The second kappa shape index (κ2) is 7.19. The molecule has 0 spiro atoms. The van der Waals surface area contributed by atoms with Crippen LogP contribution < -0.4 is 15.0 Å². The van der Waals surface area contributed by atoms with Crippen LogP contribution in [-0.4, -0.2) is 23.7 Å². The molecular weight excluding hydrogens is 360 g/mol. The van der Waals surface area contributed by atoms with Gasteiger partial charge < -0.3 is 14.5 Å². The van der Waals surface area contributed by atoms with Gasteiger partial charge >= 0.3 is 0 Å². The maximum absolute atomic E-state index is 12.8. The van der Waals surface area contributed by atoms with E-state index in [1.54, 1.807) is 24.5 Å². The Morgan fingerprint density at radius 3 is 3.04 bits per heavy atom. The van der Waals surface area contributed by atoms with Crippen molar-refractivity contribution in [3.8, 4) is 22.9 Å². The van der Waals surface area contributed by atoms with E-state index in [-0.39, 0.29) is 5.56 Å². The largest absolute Gasteiger partial charge is 0.493 e. The van der Waals surface area contributed by atoms with E-state index in [0.29, 0.717) is 29.8 Å². The van der Waals surface area contributed by atoms with Crippen LogP contribution >= 0.6 is 11.3 Å². The molecule has 0 aliphatic heterocycles. The number of methoxy groups -OCH3 is 1. The van der Waals surface area contributed by atoms with Crippen LogP contribution in [0.25, 0.3) is 21.6 Å². The van der Waals surface area contributed by atoms with E-state index in [0.717, 1.165) is 35.0 Å². The average Bonchev–Trinajstić information content (AvgIpc) is 3.03. The first-order chi connectivity index (χ1) is 13.1. The molecule has 2 aromatic heterocycles. The van der Waals surface area contributed by atoms with E-state index >= 15 is 0 Å². The highest BCUT2D eigenvalue weighted by molar-refractivity contribution is 7.18. The minimum atomic E-state index is -0.0620. The van der Waals surface area contributed by atoms with Gasteiger partial charge in [0.15, 0.2) is 11.5 Å². The monoisotopic (exact) mass is 382 g/mol. The summed E-state index contributed by atoms with van der Waals surface area (Å²) in [5, 5.41) is 0.767. The van der Waals surface area contributed by atoms with Crippen LogP contribution in [-0.2, 0) is 12.8 Å². The van der Waals surface area contributed by atoms with E-state index in [9.17, 15) is 4.79 Å². The zero-order chi connectivity index (χ0) is 19.0. The minimum Gasteiger partial charge on any atom is -0.493 e. The number of ether oxygens (including phenoxy) is 2. The van der Waals surface area contributed by atoms with Gasteiger partial charge in [0, 0.05) is 10.4 Å². The lowest BCUT2D eigenvalue weighted by Crippen LogP contribution is -2.13. The Bertz CT molecular complexity index is 1070. The molecule has 1 aliphatic carbocycles. The maximum Gasteiger partial charge on any atom is 0.260 e. The molecule has 2 heterocycles.